The molecule has 5 aliphatic carbocycles. The Morgan fingerprint density at radius 3 is 2.23 bits per heavy atom. The van der Waals surface area contributed by atoms with Crippen LogP contribution in [0.3, 0.4) is 0 Å². The van der Waals surface area contributed by atoms with E-state index in [1.807, 2.05) is 32.9 Å². The lowest BCUT2D eigenvalue weighted by atomic mass is 9.32. The second-order valence-corrected chi connectivity index (χ2v) is 19.9. The van der Waals surface area contributed by atoms with Crippen LogP contribution in [0.5, 0.6) is 0 Å². The predicted octanol–water partition coefficient (Wildman–Crippen LogP) is 11.0. The van der Waals surface area contributed by atoms with Crippen LogP contribution in [0.15, 0.2) is 42.5 Å². The van der Waals surface area contributed by atoms with Crippen molar-refractivity contribution in [3.63, 3.8) is 0 Å². The summed E-state index contributed by atoms with van der Waals surface area (Å²) in [4.78, 5) is 15.5. The lowest BCUT2D eigenvalue weighted by molar-refractivity contribution is -0.227. The van der Waals surface area contributed by atoms with Gasteiger partial charge in [0.25, 0.3) is 0 Å². The Bertz CT molecular complexity index is 1440. The summed E-state index contributed by atoms with van der Waals surface area (Å²) >= 11 is 0. The molecule has 0 aromatic heterocycles. The van der Waals surface area contributed by atoms with Crippen molar-refractivity contribution >= 4 is 11.5 Å². The molecule has 0 bridgehead atoms. The molecule has 0 radical (unpaired) electrons. The summed E-state index contributed by atoms with van der Waals surface area (Å²) in [6.45, 7) is 29.9. The van der Waals surface area contributed by atoms with Crippen LogP contribution in [0, 0.1) is 56.7 Å². The van der Waals surface area contributed by atoms with Crippen molar-refractivity contribution in [2.75, 3.05) is 19.6 Å². The zero-order valence-electron chi connectivity index (χ0n) is 31.4. The smallest absolute Gasteiger partial charge is 0.338 e. The van der Waals surface area contributed by atoms with E-state index in [1.54, 1.807) is 0 Å². The Morgan fingerprint density at radius 2 is 1.60 bits per heavy atom. The molecular formula is C44H65NO2. The lowest BCUT2D eigenvalue weighted by Crippen LogP contribution is -2.65. The molecule has 1 aliphatic heterocycles. The van der Waals surface area contributed by atoms with E-state index >= 15 is 0 Å². The minimum atomic E-state index is -0.487. The third kappa shape index (κ3) is 5.25. The highest BCUT2D eigenvalue weighted by atomic mass is 16.6. The molecule has 1 heterocycles. The molecule has 6 aliphatic rings. The van der Waals surface area contributed by atoms with E-state index in [1.165, 1.54) is 101 Å². The maximum atomic E-state index is 12.7. The molecule has 0 amide bonds. The Balaban J connectivity index is 1.18. The molecule has 1 aromatic rings. The van der Waals surface area contributed by atoms with Gasteiger partial charge in [-0.2, -0.15) is 0 Å². The first kappa shape index (κ1) is 33.6. The fraction of sp³-hybridized carbons (Fsp3) is 0.750. The molecule has 47 heavy (non-hydrogen) atoms. The van der Waals surface area contributed by atoms with Gasteiger partial charge in [-0.25, -0.2) is 4.79 Å². The Hall–Kier alpha value is -1.87. The third-order valence-corrected chi connectivity index (χ3v) is 15.8. The van der Waals surface area contributed by atoms with Gasteiger partial charge in [-0.15, -0.1) is 6.58 Å². The first-order valence-corrected chi connectivity index (χ1v) is 19.3. The summed E-state index contributed by atoms with van der Waals surface area (Å²) in [6, 6.07) is 8.29. The lowest BCUT2D eigenvalue weighted by Gasteiger charge is -2.72. The minimum absolute atomic E-state index is 0.0813. The van der Waals surface area contributed by atoms with Crippen LogP contribution in [-0.2, 0) is 4.74 Å². The first-order chi connectivity index (χ1) is 21.9. The number of ether oxygens (including phenoxy) is 1. The molecule has 9 unspecified atom stereocenters. The van der Waals surface area contributed by atoms with Crippen molar-refractivity contribution in [2.24, 2.45) is 56.7 Å². The topological polar surface area (TPSA) is 29.3 Å². The van der Waals surface area contributed by atoms with Crippen molar-refractivity contribution < 1.29 is 9.53 Å². The number of allylic oxidation sites excluding steroid dienone is 3. The fourth-order valence-corrected chi connectivity index (χ4v) is 13.7. The maximum Gasteiger partial charge on any atom is 0.338 e. The zero-order valence-corrected chi connectivity index (χ0v) is 31.4. The molecule has 0 N–H and O–H groups in total. The second kappa shape index (κ2) is 11.1. The average molecular weight is 640 g/mol. The Morgan fingerprint density at radius 1 is 0.894 bits per heavy atom. The van der Waals surface area contributed by atoms with E-state index in [2.05, 4.69) is 71.2 Å². The highest BCUT2D eigenvalue weighted by molar-refractivity contribution is 5.90. The number of hydrogen-bond acceptors (Lipinski definition) is 3. The van der Waals surface area contributed by atoms with Gasteiger partial charge in [0.2, 0.25) is 0 Å². The van der Waals surface area contributed by atoms with E-state index < -0.39 is 5.60 Å². The van der Waals surface area contributed by atoms with E-state index in [4.69, 9.17) is 4.74 Å². The molecule has 0 spiro atoms. The van der Waals surface area contributed by atoms with Crippen LogP contribution in [0.25, 0.3) is 5.57 Å². The quantitative estimate of drug-likeness (QED) is 0.176. The molecule has 1 aromatic carbocycles. The number of fused-ring (bicyclic) bond motifs is 7. The Kier molecular flexibility index (Phi) is 7.92. The highest BCUT2D eigenvalue weighted by Gasteiger charge is 2.70. The molecule has 258 valence electrons. The number of nitrogens with zero attached hydrogens (tertiary/aromatic N) is 1. The van der Waals surface area contributed by atoms with Crippen LogP contribution < -0.4 is 0 Å². The van der Waals surface area contributed by atoms with Gasteiger partial charge in [-0.1, -0.05) is 58.4 Å². The van der Waals surface area contributed by atoms with Gasteiger partial charge in [-0.05, 0) is 172 Å². The molecule has 3 heteroatoms. The molecule has 3 nitrogen and oxygen atoms in total. The van der Waals surface area contributed by atoms with Crippen molar-refractivity contribution in [1.29, 1.82) is 0 Å². The number of carbonyl (C=O) groups is 1. The molecule has 7 rings (SSSR count). The summed E-state index contributed by atoms with van der Waals surface area (Å²) < 4.78 is 5.65. The average Bonchev–Trinajstić information content (AvgIpc) is 3.72. The van der Waals surface area contributed by atoms with E-state index in [0.29, 0.717) is 33.1 Å². The maximum absolute atomic E-state index is 12.7. The van der Waals surface area contributed by atoms with Gasteiger partial charge in [0, 0.05) is 19.6 Å². The molecule has 4 saturated carbocycles. The van der Waals surface area contributed by atoms with Crippen molar-refractivity contribution in [1.82, 2.24) is 4.90 Å². The first-order valence-electron chi connectivity index (χ1n) is 19.3. The Labute approximate surface area is 287 Å². The molecule has 5 fully saturated rings. The van der Waals surface area contributed by atoms with E-state index in [0.717, 1.165) is 23.7 Å². The second-order valence-electron chi connectivity index (χ2n) is 19.9. The standard InChI is InChI=1S/C44H65NO2/c1-29(2)27-32-17-22-44(28-45-25-26-45)24-23-42(9)34(37(32)44)15-16-36-41(8)20-18-33(40(6,7)35(41)19-21-43(36,42)10)30-11-13-31(14-12-30)38(46)47-39(3,4)5/h11-14,18,32,34-37H,1,15-17,19-28H2,2-10H3. The van der Waals surface area contributed by atoms with Crippen molar-refractivity contribution in [2.45, 2.75) is 132 Å². The largest absolute Gasteiger partial charge is 0.456 e. The fourth-order valence-electron chi connectivity index (χ4n) is 13.7. The summed E-state index contributed by atoms with van der Waals surface area (Å²) in [5.41, 5.74) is 6.05. The van der Waals surface area contributed by atoms with Crippen LogP contribution in [0.4, 0.5) is 0 Å². The van der Waals surface area contributed by atoms with Gasteiger partial charge in [0.1, 0.15) is 5.60 Å². The minimum Gasteiger partial charge on any atom is -0.456 e. The molecule has 1 saturated heterocycles. The van der Waals surface area contributed by atoms with Gasteiger partial charge < -0.3 is 9.64 Å². The van der Waals surface area contributed by atoms with Crippen LogP contribution in [0.1, 0.15) is 142 Å². The summed E-state index contributed by atoms with van der Waals surface area (Å²) in [5, 5.41) is 0. The van der Waals surface area contributed by atoms with Gasteiger partial charge in [0.15, 0.2) is 0 Å². The van der Waals surface area contributed by atoms with Crippen LogP contribution >= 0.6 is 0 Å². The number of esters is 1. The van der Waals surface area contributed by atoms with Crippen molar-refractivity contribution in [3.05, 3.63) is 53.6 Å². The number of benzene rings is 1. The van der Waals surface area contributed by atoms with Gasteiger partial charge in [-0.3, -0.25) is 0 Å². The van der Waals surface area contributed by atoms with E-state index in [9.17, 15) is 4.79 Å². The van der Waals surface area contributed by atoms with Crippen molar-refractivity contribution in [3.8, 4) is 0 Å². The zero-order chi connectivity index (χ0) is 33.8. The summed E-state index contributed by atoms with van der Waals surface area (Å²) in [6.07, 6.45) is 16.3. The van der Waals surface area contributed by atoms with Gasteiger partial charge >= 0.3 is 5.97 Å². The number of carbonyl (C=O) groups excluding carboxylic acids is 1. The third-order valence-electron chi connectivity index (χ3n) is 15.8. The summed E-state index contributed by atoms with van der Waals surface area (Å²) in [5.74, 6) is 3.76. The molecular weight excluding hydrogens is 574 g/mol. The molecule has 9 atom stereocenters. The monoisotopic (exact) mass is 640 g/mol. The number of hydrogen-bond donors (Lipinski definition) is 0. The van der Waals surface area contributed by atoms with E-state index in [-0.39, 0.29) is 11.4 Å². The normalized spacial score (nSPS) is 42.3. The number of rotatable bonds is 6. The van der Waals surface area contributed by atoms with Crippen LogP contribution in [-0.4, -0.2) is 36.1 Å². The highest BCUT2D eigenvalue weighted by Crippen LogP contribution is 2.77. The summed E-state index contributed by atoms with van der Waals surface area (Å²) in [7, 11) is 0. The van der Waals surface area contributed by atoms with Crippen LogP contribution in [0.2, 0.25) is 0 Å². The van der Waals surface area contributed by atoms with Gasteiger partial charge in [0.05, 0.1) is 5.56 Å². The predicted molar refractivity (Wildman–Crippen MR) is 195 cm³/mol. The SMILES string of the molecule is C=C(C)CC1CCC2(CN3CC3)CCC3(C)C(CCC4C5(C)CC=C(c6ccc(C(=O)OC(C)(C)C)cc6)C(C)(C)C5CCC43C)C12.